The van der Waals surface area contributed by atoms with E-state index in [2.05, 4.69) is 0 Å². The monoisotopic (exact) mass is 113 g/mol. The second kappa shape index (κ2) is 3.61. The van der Waals surface area contributed by atoms with Gasteiger partial charge in [0.15, 0.2) is 0 Å². The minimum atomic E-state index is 0. The zero-order chi connectivity index (χ0) is 5.98. The summed E-state index contributed by atoms with van der Waals surface area (Å²) < 4.78 is 0. The molecule has 0 bridgehead atoms. The zero-order valence-corrected chi connectivity index (χ0v) is 5.81. The molecule has 0 heterocycles. The van der Waals surface area contributed by atoms with Crippen LogP contribution in [0.4, 0.5) is 5.69 Å². The van der Waals surface area contributed by atoms with E-state index in [0.29, 0.717) is 5.69 Å². The molecule has 9 heavy (non-hydrogen) atoms. The standard InChI is InChI=1S/C7H8N.Li/c1-6-4-2-3-5-7(6)8;/h2-5,8H,1H3;/q-1;+1. The van der Waals surface area contributed by atoms with Crippen LogP contribution in [0.2, 0.25) is 0 Å². The third-order valence-electron chi connectivity index (χ3n) is 1.15. The summed E-state index contributed by atoms with van der Waals surface area (Å²) >= 11 is 0. The average Bonchev–Trinajstić information content (AvgIpc) is 1.77. The van der Waals surface area contributed by atoms with Gasteiger partial charge in [-0.25, -0.2) is 0 Å². The molecule has 0 amide bonds. The van der Waals surface area contributed by atoms with E-state index in [1.165, 1.54) is 0 Å². The molecule has 0 aliphatic rings. The maximum atomic E-state index is 7.22. The van der Waals surface area contributed by atoms with Gasteiger partial charge in [0.05, 0.1) is 0 Å². The molecule has 42 valence electrons. The van der Waals surface area contributed by atoms with Crippen molar-refractivity contribution in [1.29, 1.82) is 0 Å². The van der Waals surface area contributed by atoms with E-state index >= 15 is 0 Å². The molecule has 1 aromatic rings. The summed E-state index contributed by atoms with van der Waals surface area (Å²) in [6, 6.07) is 7.53. The van der Waals surface area contributed by atoms with E-state index < -0.39 is 0 Å². The Kier molecular flexibility index (Phi) is 3.45. The molecule has 0 spiro atoms. The van der Waals surface area contributed by atoms with Crippen LogP contribution in [-0.2, 0) is 0 Å². The molecule has 1 aromatic carbocycles. The number of rotatable bonds is 0. The summed E-state index contributed by atoms with van der Waals surface area (Å²) in [6.45, 7) is 1.93. The molecule has 0 aliphatic heterocycles. The van der Waals surface area contributed by atoms with E-state index in [9.17, 15) is 0 Å². The Morgan fingerprint density at radius 3 is 2.11 bits per heavy atom. The van der Waals surface area contributed by atoms with Crippen molar-refractivity contribution < 1.29 is 18.9 Å². The predicted octanol–water partition coefficient (Wildman–Crippen LogP) is -0.317. The fourth-order valence-electron chi connectivity index (χ4n) is 0.573. The molecular formula is C7H8LiN. The Labute approximate surface area is 67.4 Å². The van der Waals surface area contributed by atoms with Gasteiger partial charge in [0.2, 0.25) is 0 Å². The Bertz CT molecular complexity index is 165. The van der Waals surface area contributed by atoms with Crippen LogP contribution in [0, 0.1) is 6.92 Å². The van der Waals surface area contributed by atoms with E-state index in [1.807, 2.05) is 25.1 Å². The summed E-state index contributed by atoms with van der Waals surface area (Å²) in [5.74, 6) is 0. The number of benzene rings is 1. The molecule has 0 aromatic heterocycles. The van der Waals surface area contributed by atoms with E-state index in [0.717, 1.165) is 5.56 Å². The third kappa shape index (κ3) is 2.13. The normalized spacial score (nSPS) is 8.11. The van der Waals surface area contributed by atoms with Gasteiger partial charge in [-0.2, -0.15) is 0 Å². The van der Waals surface area contributed by atoms with Gasteiger partial charge in [0.25, 0.3) is 0 Å². The van der Waals surface area contributed by atoms with Crippen molar-refractivity contribution >= 4 is 5.69 Å². The largest absolute Gasteiger partial charge is 1.00 e. The van der Waals surface area contributed by atoms with Crippen molar-refractivity contribution in [2.75, 3.05) is 0 Å². The van der Waals surface area contributed by atoms with Crippen LogP contribution in [0.5, 0.6) is 0 Å². The van der Waals surface area contributed by atoms with Gasteiger partial charge in [-0.1, -0.05) is 29.8 Å². The Balaban J connectivity index is 0.000000640. The fourth-order valence-corrected chi connectivity index (χ4v) is 0.573. The first-order valence-electron chi connectivity index (χ1n) is 2.58. The predicted molar refractivity (Wildman–Crippen MR) is 35.2 cm³/mol. The molecule has 1 nitrogen and oxygen atoms in total. The van der Waals surface area contributed by atoms with Crippen LogP contribution in [0.25, 0.3) is 5.73 Å². The first kappa shape index (κ1) is 8.62. The molecule has 0 fully saturated rings. The summed E-state index contributed by atoms with van der Waals surface area (Å²) in [6.07, 6.45) is 0. The molecule has 0 radical (unpaired) electrons. The summed E-state index contributed by atoms with van der Waals surface area (Å²) in [7, 11) is 0. The van der Waals surface area contributed by atoms with Gasteiger partial charge in [-0.05, 0) is 6.92 Å². The smallest absolute Gasteiger partial charge is 0.699 e. The number of hydrogen-bond donors (Lipinski definition) is 0. The number of hydrogen-bond acceptors (Lipinski definition) is 0. The quantitative estimate of drug-likeness (QED) is 0.412. The second-order valence-corrected chi connectivity index (χ2v) is 1.81. The van der Waals surface area contributed by atoms with Crippen LogP contribution in [0.1, 0.15) is 5.56 Å². The summed E-state index contributed by atoms with van der Waals surface area (Å²) in [5, 5.41) is 0. The molecular weight excluding hydrogens is 105 g/mol. The molecule has 0 saturated carbocycles. The molecule has 0 saturated heterocycles. The fraction of sp³-hybridized carbons (Fsp3) is 0.143. The second-order valence-electron chi connectivity index (χ2n) is 1.81. The maximum absolute atomic E-state index is 7.22. The minimum Gasteiger partial charge on any atom is -0.699 e. The van der Waals surface area contributed by atoms with E-state index in [1.54, 1.807) is 6.07 Å². The van der Waals surface area contributed by atoms with Crippen molar-refractivity contribution in [3.63, 3.8) is 0 Å². The van der Waals surface area contributed by atoms with Gasteiger partial charge < -0.3 is 5.73 Å². The third-order valence-corrected chi connectivity index (χ3v) is 1.15. The van der Waals surface area contributed by atoms with Crippen molar-refractivity contribution in [3.8, 4) is 0 Å². The molecule has 2 heteroatoms. The Morgan fingerprint density at radius 1 is 1.22 bits per heavy atom. The average molecular weight is 113 g/mol. The molecule has 0 unspecified atom stereocenters. The van der Waals surface area contributed by atoms with Crippen LogP contribution < -0.4 is 18.9 Å². The van der Waals surface area contributed by atoms with Gasteiger partial charge in [0.1, 0.15) is 0 Å². The van der Waals surface area contributed by atoms with E-state index in [4.69, 9.17) is 5.73 Å². The van der Waals surface area contributed by atoms with Crippen LogP contribution in [0.3, 0.4) is 0 Å². The molecule has 0 atom stereocenters. The van der Waals surface area contributed by atoms with Crippen molar-refractivity contribution in [2.45, 2.75) is 6.92 Å². The van der Waals surface area contributed by atoms with Crippen molar-refractivity contribution in [1.82, 2.24) is 0 Å². The minimum absolute atomic E-state index is 0. The van der Waals surface area contributed by atoms with E-state index in [-0.39, 0.29) is 18.9 Å². The van der Waals surface area contributed by atoms with Gasteiger partial charge >= 0.3 is 18.9 Å². The topological polar surface area (TPSA) is 23.8 Å². The molecule has 0 aliphatic carbocycles. The Morgan fingerprint density at radius 2 is 1.78 bits per heavy atom. The first-order valence-corrected chi connectivity index (χ1v) is 2.58. The van der Waals surface area contributed by atoms with Crippen molar-refractivity contribution in [3.05, 3.63) is 35.6 Å². The Hall–Kier alpha value is -0.383. The van der Waals surface area contributed by atoms with Crippen LogP contribution in [0.15, 0.2) is 24.3 Å². The zero-order valence-electron chi connectivity index (χ0n) is 5.81. The SMILES string of the molecule is Cc1ccccc1[NH-].[Li+]. The molecule has 1 rings (SSSR count). The molecule has 1 N–H and O–H groups in total. The van der Waals surface area contributed by atoms with Crippen molar-refractivity contribution in [2.24, 2.45) is 0 Å². The maximum Gasteiger partial charge on any atom is 1.00 e. The summed E-state index contributed by atoms with van der Waals surface area (Å²) in [5.41, 5.74) is 8.87. The number of aryl methyl sites for hydroxylation is 1. The van der Waals surface area contributed by atoms with Gasteiger partial charge in [0, 0.05) is 0 Å². The van der Waals surface area contributed by atoms with Crippen LogP contribution in [-0.4, -0.2) is 0 Å². The first-order chi connectivity index (χ1) is 3.80. The number of nitrogens with one attached hydrogen (secondary N) is 1. The van der Waals surface area contributed by atoms with Gasteiger partial charge in [-0.15, -0.1) is 5.69 Å². The summed E-state index contributed by atoms with van der Waals surface area (Å²) in [4.78, 5) is 0. The van der Waals surface area contributed by atoms with Gasteiger partial charge in [-0.3, -0.25) is 0 Å². The van der Waals surface area contributed by atoms with Crippen LogP contribution >= 0.6 is 0 Å².